The Hall–Kier alpha value is -3.38. The predicted molar refractivity (Wildman–Crippen MR) is 116 cm³/mol. The number of carbonyl (C=O) groups excluding carboxylic acids is 1. The first kappa shape index (κ1) is 20.4. The Labute approximate surface area is 171 Å². The maximum absolute atomic E-state index is 12.2. The highest BCUT2D eigenvalue weighted by atomic mass is 16.3. The van der Waals surface area contributed by atoms with Gasteiger partial charge in [-0.2, -0.15) is 0 Å². The number of nitrogens with one attached hydrogen (secondary N) is 2. The van der Waals surface area contributed by atoms with Crippen molar-refractivity contribution < 1.29 is 9.90 Å². The molecule has 0 bridgehead atoms. The SMILES string of the molecule is CN(C)CCNC(=O)c1ccc(-c2cncc(NCc3cccc(O)c3)c2)cc1. The summed E-state index contributed by atoms with van der Waals surface area (Å²) in [5.74, 6) is 0.181. The van der Waals surface area contributed by atoms with Gasteiger partial charge in [0, 0.05) is 43.2 Å². The predicted octanol–water partition coefficient (Wildman–Crippen LogP) is 3.36. The fourth-order valence-corrected chi connectivity index (χ4v) is 2.87. The molecule has 0 atom stereocenters. The largest absolute Gasteiger partial charge is 0.508 e. The van der Waals surface area contributed by atoms with Gasteiger partial charge in [-0.05, 0) is 55.6 Å². The second-order valence-electron chi connectivity index (χ2n) is 7.12. The van der Waals surface area contributed by atoms with Crippen LogP contribution in [0.5, 0.6) is 5.75 Å². The topological polar surface area (TPSA) is 77.5 Å². The summed E-state index contributed by atoms with van der Waals surface area (Å²) in [7, 11) is 3.95. The van der Waals surface area contributed by atoms with Crippen molar-refractivity contribution in [1.29, 1.82) is 0 Å². The second kappa shape index (κ2) is 9.71. The average Bonchev–Trinajstić information content (AvgIpc) is 2.72. The number of aromatic hydroxyl groups is 1. The van der Waals surface area contributed by atoms with Crippen molar-refractivity contribution in [2.45, 2.75) is 6.54 Å². The van der Waals surface area contributed by atoms with E-state index in [0.29, 0.717) is 18.7 Å². The third-order valence-electron chi connectivity index (χ3n) is 4.47. The Balaban J connectivity index is 1.63. The number of benzene rings is 2. The molecule has 0 fully saturated rings. The normalized spacial score (nSPS) is 10.7. The first-order valence-corrected chi connectivity index (χ1v) is 9.51. The van der Waals surface area contributed by atoms with E-state index in [2.05, 4.69) is 15.6 Å². The molecule has 1 heterocycles. The van der Waals surface area contributed by atoms with Crippen LogP contribution in [0, 0.1) is 0 Å². The Kier molecular flexibility index (Phi) is 6.81. The lowest BCUT2D eigenvalue weighted by molar-refractivity contribution is 0.0951. The van der Waals surface area contributed by atoms with Crippen molar-refractivity contribution in [2.24, 2.45) is 0 Å². The molecular formula is C23H26N4O2. The molecule has 3 N–H and O–H groups in total. The highest BCUT2D eigenvalue weighted by Gasteiger charge is 2.06. The van der Waals surface area contributed by atoms with Gasteiger partial charge >= 0.3 is 0 Å². The fraction of sp³-hybridized carbons (Fsp3) is 0.217. The van der Waals surface area contributed by atoms with E-state index in [1.807, 2.05) is 61.5 Å². The van der Waals surface area contributed by atoms with Gasteiger partial charge in [0.15, 0.2) is 0 Å². The monoisotopic (exact) mass is 390 g/mol. The average molecular weight is 390 g/mol. The van der Waals surface area contributed by atoms with Crippen LogP contribution in [-0.2, 0) is 6.54 Å². The maximum Gasteiger partial charge on any atom is 0.251 e. The van der Waals surface area contributed by atoms with Crippen LogP contribution < -0.4 is 10.6 Å². The van der Waals surface area contributed by atoms with Crippen molar-refractivity contribution >= 4 is 11.6 Å². The summed E-state index contributed by atoms with van der Waals surface area (Å²) in [6.45, 7) is 2.01. The number of hydrogen-bond donors (Lipinski definition) is 3. The number of pyridine rings is 1. The molecule has 0 aliphatic heterocycles. The lowest BCUT2D eigenvalue weighted by atomic mass is 10.0. The molecule has 1 aromatic heterocycles. The van der Waals surface area contributed by atoms with Crippen LogP contribution in [0.2, 0.25) is 0 Å². The number of phenolic OH excluding ortho intramolecular Hbond substituents is 1. The van der Waals surface area contributed by atoms with Crippen molar-refractivity contribution in [3.8, 4) is 16.9 Å². The first-order valence-electron chi connectivity index (χ1n) is 9.51. The molecule has 3 aromatic rings. The number of rotatable bonds is 8. The number of phenols is 1. The molecule has 6 nitrogen and oxygen atoms in total. The lowest BCUT2D eigenvalue weighted by Crippen LogP contribution is -2.31. The minimum absolute atomic E-state index is 0.0712. The second-order valence-corrected chi connectivity index (χ2v) is 7.12. The summed E-state index contributed by atoms with van der Waals surface area (Å²) in [5.41, 5.74) is 4.46. The van der Waals surface area contributed by atoms with Crippen molar-refractivity contribution in [3.05, 3.63) is 78.1 Å². The molecule has 3 rings (SSSR count). The molecule has 2 aromatic carbocycles. The van der Waals surface area contributed by atoms with Gasteiger partial charge in [-0.1, -0.05) is 24.3 Å². The summed E-state index contributed by atoms with van der Waals surface area (Å²) in [5, 5.41) is 15.8. The number of hydrogen-bond acceptors (Lipinski definition) is 5. The number of carbonyl (C=O) groups is 1. The van der Waals surface area contributed by atoms with Crippen molar-refractivity contribution in [1.82, 2.24) is 15.2 Å². The molecule has 0 aliphatic carbocycles. The summed E-state index contributed by atoms with van der Waals surface area (Å²) >= 11 is 0. The van der Waals surface area contributed by atoms with Crippen molar-refractivity contribution in [2.75, 3.05) is 32.5 Å². The Morgan fingerprint density at radius 3 is 2.55 bits per heavy atom. The molecule has 1 amide bonds. The van der Waals surface area contributed by atoms with E-state index >= 15 is 0 Å². The highest BCUT2D eigenvalue weighted by Crippen LogP contribution is 2.22. The van der Waals surface area contributed by atoms with Gasteiger partial charge in [0.2, 0.25) is 0 Å². The van der Waals surface area contributed by atoms with E-state index in [4.69, 9.17) is 0 Å². The zero-order valence-corrected chi connectivity index (χ0v) is 16.7. The van der Waals surface area contributed by atoms with Gasteiger partial charge in [-0.25, -0.2) is 0 Å². The lowest BCUT2D eigenvalue weighted by Gasteiger charge is -2.11. The molecule has 0 radical (unpaired) electrons. The minimum Gasteiger partial charge on any atom is -0.508 e. The molecule has 0 saturated carbocycles. The van der Waals surface area contributed by atoms with Gasteiger partial charge < -0.3 is 20.6 Å². The van der Waals surface area contributed by atoms with Crippen LogP contribution in [0.15, 0.2) is 67.0 Å². The number of nitrogens with zero attached hydrogens (tertiary/aromatic N) is 2. The van der Waals surface area contributed by atoms with Gasteiger partial charge in [0.1, 0.15) is 5.75 Å². The quantitative estimate of drug-likeness (QED) is 0.550. The number of aromatic nitrogens is 1. The van der Waals surface area contributed by atoms with E-state index < -0.39 is 0 Å². The van der Waals surface area contributed by atoms with Crippen LogP contribution in [0.4, 0.5) is 5.69 Å². The minimum atomic E-state index is -0.0712. The smallest absolute Gasteiger partial charge is 0.251 e. The van der Waals surface area contributed by atoms with Gasteiger partial charge in [0.05, 0.1) is 5.69 Å². The van der Waals surface area contributed by atoms with Gasteiger partial charge in [-0.3, -0.25) is 9.78 Å². The van der Waals surface area contributed by atoms with Gasteiger partial charge in [0.25, 0.3) is 5.91 Å². The summed E-state index contributed by atoms with van der Waals surface area (Å²) in [4.78, 5) is 18.5. The third kappa shape index (κ3) is 6.05. The van der Waals surface area contributed by atoms with E-state index in [1.165, 1.54) is 0 Å². The molecule has 0 unspecified atom stereocenters. The molecule has 29 heavy (non-hydrogen) atoms. The van der Waals surface area contributed by atoms with E-state index in [1.54, 1.807) is 24.5 Å². The zero-order valence-electron chi connectivity index (χ0n) is 16.7. The number of amides is 1. The highest BCUT2D eigenvalue weighted by molar-refractivity contribution is 5.94. The third-order valence-corrected chi connectivity index (χ3v) is 4.47. The molecule has 0 saturated heterocycles. The molecule has 0 spiro atoms. The van der Waals surface area contributed by atoms with Crippen LogP contribution in [-0.4, -0.2) is 48.1 Å². The first-order chi connectivity index (χ1) is 14.0. The summed E-state index contributed by atoms with van der Waals surface area (Å²) in [6.07, 6.45) is 3.56. The molecular weight excluding hydrogens is 364 g/mol. The molecule has 0 aliphatic rings. The van der Waals surface area contributed by atoms with E-state index in [9.17, 15) is 9.90 Å². The fourth-order valence-electron chi connectivity index (χ4n) is 2.87. The van der Waals surface area contributed by atoms with Crippen LogP contribution in [0.3, 0.4) is 0 Å². The van der Waals surface area contributed by atoms with E-state index in [0.717, 1.165) is 28.9 Å². The van der Waals surface area contributed by atoms with Crippen LogP contribution in [0.1, 0.15) is 15.9 Å². The van der Waals surface area contributed by atoms with Crippen molar-refractivity contribution in [3.63, 3.8) is 0 Å². The van der Waals surface area contributed by atoms with Gasteiger partial charge in [-0.15, -0.1) is 0 Å². The number of anilines is 1. The number of likely N-dealkylation sites (N-methyl/N-ethyl adjacent to an activating group) is 1. The maximum atomic E-state index is 12.2. The zero-order chi connectivity index (χ0) is 20.6. The van der Waals surface area contributed by atoms with E-state index in [-0.39, 0.29) is 11.7 Å². The molecule has 6 heteroatoms. The summed E-state index contributed by atoms with van der Waals surface area (Å²) < 4.78 is 0. The molecule has 150 valence electrons. The van der Waals surface area contributed by atoms with Crippen LogP contribution in [0.25, 0.3) is 11.1 Å². The Morgan fingerprint density at radius 1 is 1.03 bits per heavy atom. The van der Waals surface area contributed by atoms with Crippen LogP contribution >= 0.6 is 0 Å². The summed E-state index contributed by atoms with van der Waals surface area (Å²) in [6, 6.07) is 16.7. The Morgan fingerprint density at radius 2 is 1.83 bits per heavy atom. The standard InChI is InChI=1S/C23H26N4O2/c1-27(2)11-10-25-23(29)19-8-6-18(7-9-19)20-13-21(16-24-15-20)26-14-17-4-3-5-22(28)12-17/h3-9,12-13,15-16,26,28H,10-11,14H2,1-2H3,(H,25,29). The Bertz CT molecular complexity index is 955.